The van der Waals surface area contributed by atoms with Gasteiger partial charge in [-0.15, -0.1) is 0 Å². The number of aromatic nitrogens is 1. The second kappa shape index (κ2) is 9.26. The van der Waals surface area contributed by atoms with E-state index in [1.165, 1.54) is 14.2 Å². The van der Waals surface area contributed by atoms with E-state index in [-0.39, 0.29) is 5.91 Å². The molecule has 0 fully saturated rings. The van der Waals surface area contributed by atoms with Crippen LogP contribution in [0.25, 0.3) is 22.2 Å². The molecule has 0 aliphatic rings. The number of rotatable bonds is 7. The van der Waals surface area contributed by atoms with Crippen LogP contribution in [-0.2, 0) is 0 Å². The minimum absolute atomic E-state index is 0.377. The van der Waals surface area contributed by atoms with E-state index >= 15 is 0 Å². The standard InChI is InChI=1S/C25H23N3O4/c1-30-18-12-17(13-19(14-18)31-2)25(29)28-26-15-21-20-10-7-11-22(32-3)24(20)27-23(21)16-8-5-4-6-9-16/h4-15,27H,1-3H3,(H,28,29)/b26-15-. The number of nitrogens with zero attached hydrogens (tertiary/aromatic N) is 1. The molecule has 4 rings (SSSR count). The minimum atomic E-state index is -0.378. The van der Waals surface area contributed by atoms with Crippen LogP contribution in [0.1, 0.15) is 15.9 Å². The topological polar surface area (TPSA) is 84.9 Å². The van der Waals surface area contributed by atoms with Crippen molar-refractivity contribution < 1.29 is 19.0 Å². The highest BCUT2D eigenvalue weighted by molar-refractivity contribution is 6.08. The Morgan fingerprint density at radius 2 is 1.62 bits per heavy atom. The van der Waals surface area contributed by atoms with Crippen molar-refractivity contribution in [3.63, 3.8) is 0 Å². The van der Waals surface area contributed by atoms with Crippen LogP contribution in [0.2, 0.25) is 0 Å². The number of nitrogens with one attached hydrogen (secondary N) is 2. The first-order valence-electron chi connectivity index (χ1n) is 9.95. The minimum Gasteiger partial charge on any atom is -0.497 e. The predicted molar refractivity (Wildman–Crippen MR) is 125 cm³/mol. The molecule has 0 aliphatic heterocycles. The number of carbonyl (C=O) groups excluding carboxylic acids is 1. The molecule has 4 aromatic rings. The van der Waals surface area contributed by atoms with Crippen molar-refractivity contribution in [2.45, 2.75) is 0 Å². The average Bonchev–Trinajstić information content (AvgIpc) is 3.22. The lowest BCUT2D eigenvalue weighted by Gasteiger charge is -2.07. The van der Waals surface area contributed by atoms with Gasteiger partial charge in [-0.25, -0.2) is 5.43 Å². The first-order valence-corrected chi connectivity index (χ1v) is 9.95. The molecule has 3 aromatic carbocycles. The van der Waals surface area contributed by atoms with E-state index in [1.54, 1.807) is 31.5 Å². The number of aromatic amines is 1. The molecule has 1 heterocycles. The first kappa shape index (κ1) is 21.0. The van der Waals surface area contributed by atoms with E-state index in [4.69, 9.17) is 14.2 Å². The molecule has 7 nitrogen and oxygen atoms in total. The SMILES string of the molecule is COc1cc(OC)cc(C(=O)N/N=C\c2c(-c3ccccc3)[nH]c3c(OC)cccc23)c1. The fourth-order valence-electron chi connectivity index (χ4n) is 3.51. The van der Waals surface area contributed by atoms with Crippen LogP contribution >= 0.6 is 0 Å². The van der Waals surface area contributed by atoms with E-state index in [9.17, 15) is 4.79 Å². The van der Waals surface area contributed by atoms with Crippen LogP contribution in [0.4, 0.5) is 0 Å². The van der Waals surface area contributed by atoms with Crippen molar-refractivity contribution in [2.24, 2.45) is 5.10 Å². The summed E-state index contributed by atoms with van der Waals surface area (Å²) in [5.41, 5.74) is 6.54. The van der Waals surface area contributed by atoms with E-state index < -0.39 is 0 Å². The van der Waals surface area contributed by atoms with Crippen molar-refractivity contribution >= 4 is 23.0 Å². The molecule has 0 unspecified atom stereocenters. The summed E-state index contributed by atoms with van der Waals surface area (Å²) in [5.74, 6) is 1.39. The third-order valence-corrected chi connectivity index (χ3v) is 5.09. The van der Waals surface area contributed by atoms with Crippen LogP contribution in [-0.4, -0.2) is 38.4 Å². The maximum absolute atomic E-state index is 12.7. The summed E-state index contributed by atoms with van der Waals surface area (Å²) < 4.78 is 16.0. The highest BCUT2D eigenvalue weighted by Gasteiger charge is 2.15. The van der Waals surface area contributed by atoms with E-state index in [1.807, 2.05) is 48.5 Å². The Kier molecular flexibility index (Phi) is 6.07. The Labute approximate surface area is 185 Å². The monoisotopic (exact) mass is 429 g/mol. The Morgan fingerprint density at radius 3 is 2.28 bits per heavy atom. The molecule has 2 N–H and O–H groups in total. The summed E-state index contributed by atoms with van der Waals surface area (Å²) in [4.78, 5) is 16.1. The highest BCUT2D eigenvalue weighted by Crippen LogP contribution is 2.33. The number of benzene rings is 3. The molecule has 32 heavy (non-hydrogen) atoms. The van der Waals surface area contributed by atoms with Crippen molar-refractivity contribution in [2.75, 3.05) is 21.3 Å². The molecular formula is C25H23N3O4. The van der Waals surface area contributed by atoms with E-state index in [0.717, 1.165) is 33.5 Å². The number of fused-ring (bicyclic) bond motifs is 1. The van der Waals surface area contributed by atoms with Gasteiger partial charge in [-0.2, -0.15) is 5.10 Å². The van der Waals surface area contributed by atoms with Crippen LogP contribution < -0.4 is 19.6 Å². The van der Waals surface area contributed by atoms with Gasteiger partial charge in [0.25, 0.3) is 5.91 Å². The maximum atomic E-state index is 12.7. The number of para-hydroxylation sites is 1. The molecule has 1 aromatic heterocycles. The second-order valence-corrected chi connectivity index (χ2v) is 6.96. The Morgan fingerprint density at radius 1 is 0.906 bits per heavy atom. The second-order valence-electron chi connectivity index (χ2n) is 6.96. The van der Waals surface area contributed by atoms with Gasteiger partial charge >= 0.3 is 0 Å². The van der Waals surface area contributed by atoms with E-state index in [0.29, 0.717) is 17.1 Å². The third-order valence-electron chi connectivity index (χ3n) is 5.09. The molecule has 0 aliphatic carbocycles. The summed E-state index contributed by atoms with van der Waals surface area (Å²) in [6.45, 7) is 0. The van der Waals surface area contributed by atoms with Gasteiger partial charge in [-0.1, -0.05) is 42.5 Å². The van der Waals surface area contributed by atoms with Gasteiger partial charge in [0.15, 0.2) is 0 Å². The largest absolute Gasteiger partial charge is 0.497 e. The summed E-state index contributed by atoms with van der Waals surface area (Å²) in [6.07, 6.45) is 1.63. The molecule has 0 bridgehead atoms. The Hall–Kier alpha value is -4.26. The van der Waals surface area contributed by atoms with Crippen LogP contribution in [0.5, 0.6) is 17.2 Å². The molecule has 0 spiro atoms. The molecule has 7 heteroatoms. The molecule has 1 amide bonds. The summed E-state index contributed by atoms with van der Waals surface area (Å²) in [6, 6.07) is 20.7. The Balaban J connectivity index is 1.69. The quantitative estimate of drug-likeness (QED) is 0.332. The third kappa shape index (κ3) is 4.13. The predicted octanol–water partition coefficient (Wildman–Crippen LogP) is 4.62. The zero-order valence-corrected chi connectivity index (χ0v) is 18.0. The van der Waals surface area contributed by atoms with Crippen molar-refractivity contribution in [3.05, 3.63) is 77.9 Å². The van der Waals surface area contributed by atoms with Gasteiger partial charge in [0.05, 0.1) is 38.8 Å². The van der Waals surface area contributed by atoms with Crippen LogP contribution in [0, 0.1) is 0 Å². The number of methoxy groups -OCH3 is 3. The number of hydrogen-bond donors (Lipinski definition) is 2. The molecule has 0 saturated heterocycles. The molecular weight excluding hydrogens is 406 g/mol. The fourth-order valence-corrected chi connectivity index (χ4v) is 3.51. The van der Waals surface area contributed by atoms with Crippen molar-refractivity contribution in [3.8, 4) is 28.5 Å². The number of hydrogen-bond acceptors (Lipinski definition) is 5. The van der Waals surface area contributed by atoms with Crippen LogP contribution in [0.15, 0.2) is 71.8 Å². The summed E-state index contributed by atoms with van der Waals surface area (Å²) in [5, 5.41) is 5.16. The van der Waals surface area contributed by atoms with Crippen molar-refractivity contribution in [1.82, 2.24) is 10.4 Å². The number of H-pyrrole nitrogens is 1. The molecule has 162 valence electrons. The molecule has 0 saturated carbocycles. The first-order chi connectivity index (χ1) is 15.6. The highest BCUT2D eigenvalue weighted by atomic mass is 16.5. The van der Waals surface area contributed by atoms with Gasteiger partial charge < -0.3 is 19.2 Å². The number of carbonyl (C=O) groups is 1. The lowest BCUT2D eigenvalue weighted by atomic mass is 10.1. The van der Waals surface area contributed by atoms with Crippen LogP contribution in [0.3, 0.4) is 0 Å². The zero-order chi connectivity index (χ0) is 22.5. The maximum Gasteiger partial charge on any atom is 0.271 e. The van der Waals surface area contributed by atoms with Gasteiger partial charge in [-0.3, -0.25) is 4.79 Å². The van der Waals surface area contributed by atoms with Gasteiger partial charge in [0, 0.05) is 22.6 Å². The Bertz CT molecular complexity index is 1260. The average molecular weight is 429 g/mol. The lowest BCUT2D eigenvalue weighted by molar-refractivity contribution is 0.0954. The fraction of sp³-hybridized carbons (Fsp3) is 0.120. The number of ether oxygens (including phenoxy) is 3. The lowest BCUT2D eigenvalue weighted by Crippen LogP contribution is -2.17. The van der Waals surface area contributed by atoms with Crippen molar-refractivity contribution in [1.29, 1.82) is 0 Å². The normalized spacial score (nSPS) is 11.0. The molecule has 0 radical (unpaired) electrons. The smallest absolute Gasteiger partial charge is 0.271 e. The van der Waals surface area contributed by atoms with Gasteiger partial charge in [-0.05, 0) is 23.8 Å². The van der Waals surface area contributed by atoms with E-state index in [2.05, 4.69) is 15.5 Å². The number of amides is 1. The summed E-state index contributed by atoms with van der Waals surface area (Å²) >= 11 is 0. The molecule has 0 atom stereocenters. The summed E-state index contributed by atoms with van der Waals surface area (Å²) in [7, 11) is 4.70. The number of hydrazone groups is 1. The van der Waals surface area contributed by atoms with Gasteiger partial charge in [0.1, 0.15) is 17.2 Å². The van der Waals surface area contributed by atoms with Gasteiger partial charge in [0.2, 0.25) is 0 Å². The zero-order valence-electron chi connectivity index (χ0n) is 18.0.